The molecule has 0 radical (unpaired) electrons. The van der Waals surface area contributed by atoms with Gasteiger partial charge < -0.3 is 10.1 Å². The normalized spacial score (nSPS) is 16.0. The van der Waals surface area contributed by atoms with Crippen molar-refractivity contribution in [1.82, 2.24) is 25.1 Å². The molecule has 2 aromatic heterocycles. The van der Waals surface area contributed by atoms with Crippen molar-refractivity contribution in [3.63, 3.8) is 0 Å². The second kappa shape index (κ2) is 6.95. The smallest absolute Gasteiger partial charge is 0.271 e. The van der Waals surface area contributed by atoms with Crippen LogP contribution in [0.3, 0.4) is 0 Å². The summed E-state index contributed by atoms with van der Waals surface area (Å²) in [6, 6.07) is 7.72. The number of hydrogen-bond acceptors (Lipinski definition) is 5. The molecule has 0 bridgehead atoms. The fourth-order valence-corrected chi connectivity index (χ4v) is 3.30. The lowest BCUT2D eigenvalue weighted by molar-refractivity contribution is 0.0927. The first-order valence-electron chi connectivity index (χ1n) is 8.54. The molecular formula is C19H19N5O2. The van der Waals surface area contributed by atoms with E-state index in [2.05, 4.69) is 20.4 Å². The topological polar surface area (TPSA) is 81.9 Å². The lowest BCUT2D eigenvalue weighted by atomic mass is 9.92. The Morgan fingerprint density at radius 1 is 1.23 bits per heavy atom. The van der Waals surface area contributed by atoms with E-state index in [9.17, 15) is 4.79 Å². The fraction of sp³-hybridized carbons (Fsp3) is 0.263. The van der Waals surface area contributed by atoms with Gasteiger partial charge in [0.1, 0.15) is 11.4 Å². The first-order valence-corrected chi connectivity index (χ1v) is 8.54. The SMILES string of the molecule is COc1ccc(-n2ncc3c2CCC[C@H]3NC(=O)c2cnccn2)cc1. The van der Waals surface area contributed by atoms with Gasteiger partial charge in [0.15, 0.2) is 0 Å². The van der Waals surface area contributed by atoms with Gasteiger partial charge in [0.05, 0.1) is 31.2 Å². The van der Waals surface area contributed by atoms with Crippen LogP contribution >= 0.6 is 0 Å². The zero-order valence-electron chi connectivity index (χ0n) is 14.4. The number of methoxy groups -OCH3 is 1. The van der Waals surface area contributed by atoms with Crippen LogP contribution in [0, 0.1) is 0 Å². The summed E-state index contributed by atoms with van der Waals surface area (Å²) in [5, 5.41) is 7.61. The second-order valence-electron chi connectivity index (χ2n) is 6.17. The largest absolute Gasteiger partial charge is 0.497 e. The van der Waals surface area contributed by atoms with Gasteiger partial charge in [-0.1, -0.05) is 0 Å². The van der Waals surface area contributed by atoms with Crippen LogP contribution in [0.15, 0.2) is 49.1 Å². The molecule has 0 saturated carbocycles. The summed E-state index contributed by atoms with van der Waals surface area (Å²) in [7, 11) is 1.65. The van der Waals surface area contributed by atoms with E-state index in [1.807, 2.05) is 35.1 Å². The number of hydrogen-bond donors (Lipinski definition) is 1. The minimum Gasteiger partial charge on any atom is -0.497 e. The molecule has 7 heteroatoms. The molecule has 0 fully saturated rings. The van der Waals surface area contributed by atoms with Gasteiger partial charge in [-0.05, 0) is 43.5 Å². The summed E-state index contributed by atoms with van der Waals surface area (Å²) in [6.45, 7) is 0. The van der Waals surface area contributed by atoms with Crippen LogP contribution in [0.4, 0.5) is 0 Å². The monoisotopic (exact) mass is 349 g/mol. The Bertz CT molecular complexity index is 905. The van der Waals surface area contributed by atoms with Crippen LogP contribution in [-0.2, 0) is 6.42 Å². The van der Waals surface area contributed by atoms with Crippen LogP contribution in [0.2, 0.25) is 0 Å². The number of fused-ring (bicyclic) bond motifs is 1. The Kier molecular flexibility index (Phi) is 4.35. The Morgan fingerprint density at radius 2 is 2.08 bits per heavy atom. The minimum absolute atomic E-state index is 0.0692. The number of amides is 1. The van der Waals surface area contributed by atoms with Crippen LogP contribution in [0.1, 0.15) is 40.6 Å². The lowest BCUT2D eigenvalue weighted by Crippen LogP contribution is -2.31. The zero-order chi connectivity index (χ0) is 17.9. The van der Waals surface area contributed by atoms with Crippen molar-refractivity contribution in [1.29, 1.82) is 0 Å². The zero-order valence-corrected chi connectivity index (χ0v) is 14.4. The highest BCUT2D eigenvalue weighted by molar-refractivity contribution is 5.92. The molecule has 0 aliphatic heterocycles. The number of nitrogens with one attached hydrogen (secondary N) is 1. The summed E-state index contributed by atoms with van der Waals surface area (Å²) in [4.78, 5) is 20.4. The third kappa shape index (κ3) is 3.03. The number of carbonyl (C=O) groups excluding carboxylic acids is 1. The van der Waals surface area contributed by atoms with E-state index in [4.69, 9.17) is 4.74 Å². The van der Waals surface area contributed by atoms with E-state index in [1.54, 1.807) is 13.3 Å². The van der Waals surface area contributed by atoms with E-state index in [1.165, 1.54) is 12.4 Å². The van der Waals surface area contributed by atoms with E-state index in [-0.39, 0.29) is 11.9 Å². The Morgan fingerprint density at radius 3 is 2.81 bits per heavy atom. The van der Waals surface area contributed by atoms with Gasteiger partial charge in [-0.3, -0.25) is 9.78 Å². The third-order valence-electron chi connectivity index (χ3n) is 4.60. The number of aromatic nitrogens is 4. The molecule has 1 aromatic carbocycles. The van der Waals surface area contributed by atoms with Gasteiger partial charge in [-0.15, -0.1) is 0 Å². The summed E-state index contributed by atoms with van der Waals surface area (Å²) < 4.78 is 7.15. The van der Waals surface area contributed by atoms with Gasteiger partial charge in [-0.2, -0.15) is 5.10 Å². The van der Waals surface area contributed by atoms with Crippen LogP contribution in [0.5, 0.6) is 5.75 Å². The number of nitrogens with zero attached hydrogens (tertiary/aromatic N) is 4. The quantitative estimate of drug-likeness (QED) is 0.782. The maximum atomic E-state index is 12.4. The van der Waals surface area contributed by atoms with Crippen LogP contribution in [0.25, 0.3) is 5.69 Å². The molecule has 132 valence electrons. The van der Waals surface area contributed by atoms with E-state index >= 15 is 0 Å². The molecule has 0 saturated heterocycles. The van der Waals surface area contributed by atoms with Crippen LogP contribution < -0.4 is 10.1 Å². The average molecular weight is 349 g/mol. The molecule has 1 aliphatic carbocycles. The van der Waals surface area contributed by atoms with Crippen molar-refractivity contribution in [2.24, 2.45) is 0 Å². The fourth-order valence-electron chi connectivity index (χ4n) is 3.30. The van der Waals surface area contributed by atoms with E-state index in [0.29, 0.717) is 5.69 Å². The summed E-state index contributed by atoms with van der Waals surface area (Å²) in [5.41, 5.74) is 3.49. The van der Waals surface area contributed by atoms with Gasteiger partial charge in [0.25, 0.3) is 5.91 Å². The number of benzene rings is 1. The van der Waals surface area contributed by atoms with Gasteiger partial charge >= 0.3 is 0 Å². The summed E-state index contributed by atoms with van der Waals surface area (Å²) in [6.07, 6.45) is 9.18. The number of rotatable bonds is 4. The van der Waals surface area contributed by atoms with E-state index < -0.39 is 0 Å². The highest BCUT2D eigenvalue weighted by Gasteiger charge is 2.26. The highest BCUT2D eigenvalue weighted by atomic mass is 16.5. The number of carbonyl (C=O) groups is 1. The minimum atomic E-state index is -0.215. The Labute approximate surface area is 151 Å². The van der Waals surface area contributed by atoms with Crippen molar-refractivity contribution >= 4 is 5.91 Å². The molecule has 7 nitrogen and oxygen atoms in total. The van der Waals surface area contributed by atoms with Crippen LogP contribution in [-0.4, -0.2) is 32.8 Å². The summed E-state index contributed by atoms with van der Waals surface area (Å²) in [5.74, 6) is 0.594. The van der Waals surface area contributed by atoms with Gasteiger partial charge in [-0.25, -0.2) is 9.67 Å². The Balaban J connectivity index is 1.59. The maximum Gasteiger partial charge on any atom is 0.271 e. The van der Waals surface area contributed by atoms with Crippen molar-refractivity contribution in [2.75, 3.05) is 7.11 Å². The lowest BCUT2D eigenvalue weighted by Gasteiger charge is -2.24. The highest BCUT2D eigenvalue weighted by Crippen LogP contribution is 2.31. The predicted octanol–water partition coefficient (Wildman–Crippen LogP) is 2.48. The van der Waals surface area contributed by atoms with Crippen molar-refractivity contribution < 1.29 is 9.53 Å². The van der Waals surface area contributed by atoms with E-state index in [0.717, 1.165) is 42.0 Å². The molecule has 2 heterocycles. The molecule has 0 unspecified atom stereocenters. The Hall–Kier alpha value is -3.22. The molecule has 26 heavy (non-hydrogen) atoms. The van der Waals surface area contributed by atoms with Crippen molar-refractivity contribution in [3.05, 3.63) is 66.0 Å². The van der Waals surface area contributed by atoms with Crippen molar-refractivity contribution in [3.8, 4) is 11.4 Å². The standard InChI is InChI=1S/C19H19N5O2/c1-26-14-7-5-13(6-8-14)24-18-4-2-3-16(15(18)11-22-24)23-19(25)17-12-20-9-10-21-17/h5-12,16H,2-4H2,1H3,(H,23,25)/t16-/m1/s1. The molecule has 0 spiro atoms. The predicted molar refractivity (Wildman–Crippen MR) is 95.3 cm³/mol. The molecule has 1 atom stereocenters. The number of ether oxygens (including phenoxy) is 1. The van der Waals surface area contributed by atoms with Crippen molar-refractivity contribution in [2.45, 2.75) is 25.3 Å². The molecule has 1 aliphatic rings. The molecule has 3 aromatic rings. The molecular weight excluding hydrogens is 330 g/mol. The van der Waals surface area contributed by atoms with Gasteiger partial charge in [0, 0.05) is 23.7 Å². The molecule has 4 rings (SSSR count). The first-order chi connectivity index (χ1) is 12.8. The second-order valence-corrected chi connectivity index (χ2v) is 6.17. The summed E-state index contributed by atoms with van der Waals surface area (Å²) >= 11 is 0. The third-order valence-corrected chi connectivity index (χ3v) is 4.60. The maximum absolute atomic E-state index is 12.4. The average Bonchev–Trinajstić information content (AvgIpc) is 3.14. The molecule has 1 N–H and O–H groups in total. The van der Waals surface area contributed by atoms with Gasteiger partial charge in [0.2, 0.25) is 0 Å². The first kappa shape index (κ1) is 16.3. The molecule has 1 amide bonds.